The summed E-state index contributed by atoms with van der Waals surface area (Å²) < 4.78 is 9.89. The Hall–Kier alpha value is -1.29. The van der Waals surface area contributed by atoms with Crippen molar-refractivity contribution >= 4 is 5.97 Å². The Bertz CT molecular complexity index is 386. The van der Waals surface area contributed by atoms with Crippen LogP contribution in [0.3, 0.4) is 0 Å². The van der Waals surface area contributed by atoms with Gasteiger partial charge in [-0.2, -0.15) is 0 Å². The average molecular weight is 237 g/mol. The normalized spacial score (nSPS) is 21.4. The summed E-state index contributed by atoms with van der Waals surface area (Å²) >= 11 is 0. The first-order chi connectivity index (χ1) is 8.22. The van der Waals surface area contributed by atoms with E-state index >= 15 is 0 Å². The third-order valence-corrected chi connectivity index (χ3v) is 3.43. The molecule has 0 saturated carbocycles. The highest BCUT2D eigenvalue weighted by Crippen LogP contribution is 2.21. The van der Waals surface area contributed by atoms with Crippen molar-refractivity contribution < 1.29 is 13.9 Å². The number of hydrogen-bond acceptors (Lipinski definition) is 4. The van der Waals surface area contributed by atoms with Gasteiger partial charge in [0, 0.05) is 18.2 Å². The molecule has 0 amide bonds. The van der Waals surface area contributed by atoms with Gasteiger partial charge in [-0.15, -0.1) is 0 Å². The minimum Gasteiger partial charge on any atom is -0.463 e. The van der Waals surface area contributed by atoms with E-state index in [1.807, 2.05) is 6.07 Å². The molecule has 4 nitrogen and oxygen atoms in total. The molecule has 1 aliphatic heterocycles. The van der Waals surface area contributed by atoms with Crippen LogP contribution in [0.5, 0.6) is 0 Å². The molecular weight excluding hydrogens is 218 g/mol. The van der Waals surface area contributed by atoms with E-state index in [4.69, 9.17) is 9.15 Å². The highest BCUT2D eigenvalue weighted by atomic mass is 16.5. The van der Waals surface area contributed by atoms with Crippen molar-refractivity contribution in [1.29, 1.82) is 0 Å². The fourth-order valence-electron chi connectivity index (χ4n) is 2.34. The first-order valence-electron chi connectivity index (χ1n) is 6.11. The Balaban J connectivity index is 2.07. The zero-order valence-corrected chi connectivity index (χ0v) is 10.4. The number of furan rings is 1. The molecule has 2 heterocycles. The van der Waals surface area contributed by atoms with Crippen molar-refractivity contribution in [3.63, 3.8) is 0 Å². The summed E-state index contributed by atoms with van der Waals surface area (Å²) in [4.78, 5) is 13.9. The molecule has 1 aliphatic rings. The van der Waals surface area contributed by atoms with Crippen LogP contribution in [-0.4, -0.2) is 30.6 Å². The van der Waals surface area contributed by atoms with Crippen molar-refractivity contribution in [2.45, 2.75) is 38.8 Å². The number of piperidine rings is 1. The third-order valence-electron chi connectivity index (χ3n) is 3.43. The van der Waals surface area contributed by atoms with Gasteiger partial charge in [-0.05, 0) is 32.4 Å². The molecule has 0 spiro atoms. The van der Waals surface area contributed by atoms with Gasteiger partial charge < -0.3 is 9.15 Å². The van der Waals surface area contributed by atoms with E-state index in [2.05, 4.69) is 11.8 Å². The maximum Gasteiger partial charge on any atom is 0.374 e. The minimum atomic E-state index is -0.394. The molecule has 1 fully saturated rings. The van der Waals surface area contributed by atoms with Crippen molar-refractivity contribution in [2.75, 3.05) is 13.7 Å². The van der Waals surface area contributed by atoms with Gasteiger partial charge in [0.15, 0.2) is 0 Å². The van der Waals surface area contributed by atoms with E-state index < -0.39 is 5.97 Å². The molecule has 1 unspecified atom stereocenters. The second-order valence-corrected chi connectivity index (χ2v) is 4.58. The van der Waals surface area contributed by atoms with E-state index in [1.54, 1.807) is 6.26 Å². The van der Waals surface area contributed by atoms with E-state index in [0.29, 0.717) is 11.8 Å². The Morgan fingerprint density at radius 1 is 1.59 bits per heavy atom. The molecule has 0 bridgehead atoms. The van der Waals surface area contributed by atoms with Crippen molar-refractivity contribution in [1.82, 2.24) is 4.90 Å². The summed E-state index contributed by atoms with van der Waals surface area (Å²) in [5, 5.41) is 0. The molecule has 0 aromatic carbocycles. The second kappa shape index (κ2) is 5.36. The molecule has 1 atom stereocenters. The number of rotatable bonds is 3. The van der Waals surface area contributed by atoms with E-state index in [9.17, 15) is 4.79 Å². The van der Waals surface area contributed by atoms with Crippen molar-refractivity contribution in [2.24, 2.45) is 0 Å². The molecule has 94 valence electrons. The van der Waals surface area contributed by atoms with E-state index in [1.165, 1.54) is 26.4 Å². The molecule has 0 radical (unpaired) electrons. The summed E-state index contributed by atoms with van der Waals surface area (Å²) in [6, 6.07) is 2.43. The fraction of sp³-hybridized carbons (Fsp3) is 0.615. The zero-order chi connectivity index (χ0) is 12.3. The molecule has 1 aromatic heterocycles. The van der Waals surface area contributed by atoms with Gasteiger partial charge in [0.25, 0.3) is 0 Å². The van der Waals surface area contributed by atoms with Gasteiger partial charge in [0.05, 0.1) is 13.4 Å². The number of methoxy groups -OCH3 is 1. The molecule has 1 saturated heterocycles. The number of ether oxygens (including phenoxy) is 1. The lowest BCUT2D eigenvalue weighted by molar-refractivity contribution is 0.0559. The Morgan fingerprint density at radius 2 is 2.41 bits per heavy atom. The van der Waals surface area contributed by atoms with Gasteiger partial charge in [-0.3, -0.25) is 4.90 Å². The maximum atomic E-state index is 11.5. The quantitative estimate of drug-likeness (QED) is 0.757. The Labute approximate surface area is 102 Å². The largest absolute Gasteiger partial charge is 0.463 e. The minimum absolute atomic E-state index is 0.338. The molecule has 0 N–H and O–H groups in total. The third kappa shape index (κ3) is 2.69. The molecule has 2 rings (SSSR count). The monoisotopic (exact) mass is 237 g/mol. The second-order valence-electron chi connectivity index (χ2n) is 4.58. The topological polar surface area (TPSA) is 42.7 Å². The summed E-state index contributed by atoms with van der Waals surface area (Å²) in [5.41, 5.74) is 0.922. The van der Waals surface area contributed by atoms with Crippen LogP contribution in [0.2, 0.25) is 0 Å². The maximum absolute atomic E-state index is 11.5. The molecule has 4 heteroatoms. The van der Waals surface area contributed by atoms with E-state index in [-0.39, 0.29) is 0 Å². The van der Waals surface area contributed by atoms with Gasteiger partial charge in [0.1, 0.15) is 0 Å². The van der Waals surface area contributed by atoms with Crippen LogP contribution in [0.25, 0.3) is 0 Å². The molecule has 17 heavy (non-hydrogen) atoms. The lowest BCUT2D eigenvalue weighted by Gasteiger charge is -2.33. The van der Waals surface area contributed by atoms with Crippen LogP contribution in [0.4, 0.5) is 0 Å². The van der Waals surface area contributed by atoms with Crippen molar-refractivity contribution in [3.05, 3.63) is 23.7 Å². The smallest absolute Gasteiger partial charge is 0.374 e. The summed E-state index contributed by atoms with van der Waals surface area (Å²) in [6.07, 6.45) is 5.31. The fourth-order valence-corrected chi connectivity index (χ4v) is 2.34. The molecule has 0 aliphatic carbocycles. The number of carbonyl (C=O) groups is 1. The van der Waals surface area contributed by atoms with Crippen LogP contribution in [0.1, 0.15) is 42.3 Å². The van der Waals surface area contributed by atoms with Gasteiger partial charge in [0.2, 0.25) is 5.76 Å². The average Bonchev–Trinajstić information content (AvgIpc) is 2.79. The van der Waals surface area contributed by atoms with Gasteiger partial charge in [-0.25, -0.2) is 4.79 Å². The lowest BCUT2D eigenvalue weighted by Crippen LogP contribution is -2.37. The highest BCUT2D eigenvalue weighted by Gasteiger charge is 2.22. The van der Waals surface area contributed by atoms with Crippen molar-refractivity contribution in [3.8, 4) is 0 Å². The standard InChI is InChI=1S/C13H19NO3/c1-10-5-3-4-7-14(10)9-11-6-8-17-12(11)13(15)16-2/h6,8,10H,3-5,7,9H2,1-2H3. The number of esters is 1. The first kappa shape index (κ1) is 12.2. The number of carbonyl (C=O) groups excluding carboxylic acids is 1. The number of hydrogen-bond donors (Lipinski definition) is 0. The SMILES string of the molecule is COC(=O)c1occc1CN1CCCCC1C. The van der Waals surface area contributed by atoms with Crippen LogP contribution in [0.15, 0.2) is 16.7 Å². The summed E-state index contributed by atoms with van der Waals surface area (Å²) in [6.45, 7) is 4.09. The van der Waals surface area contributed by atoms with Crippen LogP contribution in [-0.2, 0) is 11.3 Å². The summed E-state index contributed by atoms with van der Waals surface area (Å²) in [7, 11) is 1.37. The van der Waals surface area contributed by atoms with Crippen LogP contribution >= 0.6 is 0 Å². The Morgan fingerprint density at radius 3 is 3.12 bits per heavy atom. The predicted molar refractivity (Wildman–Crippen MR) is 63.8 cm³/mol. The highest BCUT2D eigenvalue weighted by molar-refractivity contribution is 5.87. The lowest BCUT2D eigenvalue weighted by atomic mass is 10.0. The van der Waals surface area contributed by atoms with Crippen LogP contribution in [0, 0.1) is 0 Å². The number of nitrogens with zero attached hydrogens (tertiary/aromatic N) is 1. The first-order valence-corrected chi connectivity index (χ1v) is 6.11. The van der Waals surface area contributed by atoms with Crippen LogP contribution < -0.4 is 0 Å². The predicted octanol–water partition coefficient (Wildman–Crippen LogP) is 2.44. The number of likely N-dealkylation sites (tertiary alicyclic amines) is 1. The molecular formula is C13H19NO3. The van der Waals surface area contributed by atoms with Gasteiger partial charge in [-0.1, -0.05) is 6.42 Å². The Kier molecular flexibility index (Phi) is 3.84. The molecule has 1 aromatic rings. The van der Waals surface area contributed by atoms with Gasteiger partial charge >= 0.3 is 5.97 Å². The zero-order valence-electron chi connectivity index (χ0n) is 10.4. The summed E-state index contributed by atoms with van der Waals surface area (Å²) in [5.74, 6) is -0.0556. The van der Waals surface area contributed by atoms with E-state index in [0.717, 1.165) is 18.7 Å².